The van der Waals surface area contributed by atoms with E-state index in [0.717, 1.165) is 38.0 Å². The first-order valence-electron chi connectivity index (χ1n) is 8.79. The van der Waals surface area contributed by atoms with Crippen LogP contribution in [0.4, 0.5) is 5.69 Å². The van der Waals surface area contributed by atoms with Crippen LogP contribution in [-0.2, 0) is 17.6 Å². The zero-order valence-corrected chi connectivity index (χ0v) is 14.6. The van der Waals surface area contributed by atoms with Crippen molar-refractivity contribution in [3.63, 3.8) is 0 Å². The Morgan fingerprint density at radius 1 is 1.17 bits per heavy atom. The van der Waals surface area contributed by atoms with E-state index >= 15 is 0 Å². The number of aryl methyl sites for hydroxylation is 2. The Kier molecular flexibility index (Phi) is 5.19. The van der Waals surface area contributed by atoms with Crippen LogP contribution in [0.15, 0.2) is 42.5 Å². The maximum Gasteiger partial charge on any atom is 0.224 e. The molecule has 0 saturated carbocycles. The molecular formula is C21H26N2O. The van der Waals surface area contributed by atoms with Gasteiger partial charge in [0.1, 0.15) is 0 Å². The van der Waals surface area contributed by atoms with E-state index in [-0.39, 0.29) is 5.91 Å². The topological polar surface area (TPSA) is 32.3 Å². The molecule has 1 aliphatic rings. The molecule has 0 bridgehead atoms. The number of para-hydroxylation sites is 1. The predicted molar refractivity (Wildman–Crippen MR) is 99.6 cm³/mol. The molecule has 0 aliphatic carbocycles. The first-order valence-corrected chi connectivity index (χ1v) is 8.79. The summed E-state index contributed by atoms with van der Waals surface area (Å²) in [5, 5.41) is 3.06. The van der Waals surface area contributed by atoms with E-state index in [1.165, 1.54) is 22.4 Å². The highest BCUT2D eigenvalue weighted by Crippen LogP contribution is 2.27. The van der Waals surface area contributed by atoms with Gasteiger partial charge in [0.2, 0.25) is 5.91 Å². The summed E-state index contributed by atoms with van der Waals surface area (Å²) in [7, 11) is 0. The number of carbonyl (C=O) groups excluding carboxylic acids is 1. The molecule has 1 heterocycles. The summed E-state index contributed by atoms with van der Waals surface area (Å²) in [6.07, 6.45) is 2.59. The van der Waals surface area contributed by atoms with Crippen LogP contribution in [-0.4, -0.2) is 25.5 Å². The van der Waals surface area contributed by atoms with Gasteiger partial charge in [0, 0.05) is 25.3 Å². The Labute approximate surface area is 144 Å². The van der Waals surface area contributed by atoms with Gasteiger partial charge in [-0.25, -0.2) is 0 Å². The van der Waals surface area contributed by atoms with Crippen LogP contribution in [0, 0.1) is 13.8 Å². The number of anilines is 1. The van der Waals surface area contributed by atoms with Gasteiger partial charge in [0.15, 0.2) is 0 Å². The van der Waals surface area contributed by atoms with Crippen LogP contribution in [0.3, 0.4) is 0 Å². The highest BCUT2D eigenvalue weighted by atomic mass is 16.1. The number of nitrogens with zero attached hydrogens (tertiary/aromatic N) is 1. The fraction of sp³-hybridized carbons (Fsp3) is 0.381. The normalized spacial score (nSPS) is 13.0. The zero-order chi connectivity index (χ0) is 16.9. The number of benzene rings is 2. The predicted octanol–water partition coefficient (Wildman–Crippen LogP) is 3.41. The van der Waals surface area contributed by atoms with E-state index in [9.17, 15) is 4.79 Å². The smallest absolute Gasteiger partial charge is 0.224 e. The SMILES string of the molecule is Cc1ccc(C)c(CC(=O)NCCCN2CCc3ccccc32)c1. The first kappa shape index (κ1) is 16.6. The molecule has 2 aromatic rings. The summed E-state index contributed by atoms with van der Waals surface area (Å²) in [5.74, 6) is 0.116. The fourth-order valence-corrected chi connectivity index (χ4v) is 3.36. The number of nitrogens with one attached hydrogen (secondary N) is 1. The molecule has 0 atom stereocenters. The Hall–Kier alpha value is -2.29. The van der Waals surface area contributed by atoms with Crippen LogP contribution in [0.1, 0.15) is 28.7 Å². The number of carbonyl (C=O) groups is 1. The van der Waals surface area contributed by atoms with Crippen LogP contribution in [0.2, 0.25) is 0 Å². The Balaban J connectivity index is 1.42. The monoisotopic (exact) mass is 322 g/mol. The number of fused-ring (bicyclic) bond motifs is 1. The Morgan fingerprint density at radius 3 is 2.88 bits per heavy atom. The van der Waals surface area contributed by atoms with Gasteiger partial charge in [-0.3, -0.25) is 4.79 Å². The summed E-state index contributed by atoms with van der Waals surface area (Å²) >= 11 is 0. The minimum absolute atomic E-state index is 0.116. The van der Waals surface area contributed by atoms with Gasteiger partial charge in [-0.05, 0) is 49.4 Å². The molecular weight excluding hydrogens is 296 g/mol. The van der Waals surface area contributed by atoms with Crippen LogP contribution < -0.4 is 10.2 Å². The van der Waals surface area contributed by atoms with E-state index < -0.39 is 0 Å². The zero-order valence-electron chi connectivity index (χ0n) is 14.6. The Morgan fingerprint density at radius 2 is 2.00 bits per heavy atom. The third kappa shape index (κ3) is 3.97. The van der Waals surface area contributed by atoms with Crippen molar-refractivity contribution in [2.75, 3.05) is 24.5 Å². The lowest BCUT2D eigenvalue weighted by molar-refractivity contribution is -0.120. The van der Waals surface area contributed by atoms with E-state index in [4.69, 9.17) is 0 Å². The maximum absolute atomic E-state index is 12.1. The van der Waals surface area contributed by atoms with Crippen molar-refractivity contribution in [1.29, 1.82) is 0 Å². The van der Waals surface area contributed by atoms with Gasteiger partial charge < -0.3 is 10.2 Å². The third-order valence-electron chi connectivity index (χ3n) is 4.77. The molecule has 1 amide bonds. The van der Waals surface area contributed by atoms with Gasteiger partial charge in [-0.1, -0.05) is 42.0 Å². The summed E-state index contributed by atoms with van der Waals surface area (Å²) in [6.45, 7) is 6.96. The fourth-order valence-electron chi connectivity index (χ4n) is 3.36. The standard InChI is InChI=1S/C21H26N2O/c1-16-8-9-17(2)19(14-16)15-21(24)22-11-5-12-23-13-10-18-6-3-4-7-20(18)23/h3-4,6-9,14H,5,10-13,15H2,1-2H3,(H,22,24). The van der Waals surface area contributed by atoms with Crippen LogP contribution in [0.25, 0.3) is 0 Å². The van der Waals surface area contributed by atoms with Crippen molar-refractivity contribution in [2.24, 2.45) is 0 Å². The molecule has 0 aromatic heterocycles. The van der Waals surface area contributed by atoms with Gasteiger partial charge >= 0.3 is 0 Å². The molecule has 1 aliphatic heterocycles. The lowest BCUT2D eigenvalue weighted by Crippen LogP contribution is -2.30. The number of amides is 1. The molecule has 0 fully saturated rings. The van der Waals surface area contributed by atoms with Crippen molar-refractivity contribution in [2.45, 2.75) is 33.1 Å². The minimum atomic E-state index is 0.116. The summed E-state index contributed by atoms with van der Waals surface area (Å²) in [5.41, 5.74) is 6.32. The summed E-state index contributed by atoms with van der Waals surface area (Å²) < 4.78 is 0. The third-order valence-corrected chi connectivity index (χ3v) is 4.77. The molecule has 126 valence electrons. The first-order chi connectivity index (χ1) is 11.6. The second-order valence-electron chi connectivity index (χ2n) is 6.68. The lowest BCUT2D eigenvalue weighted by Gasteiger charge is -2.19. The second-order valence-corrected chi connectivity index (χ2v) is 6.68. The van der Waals surface area contributed by atoms with Crippen molar-refractivity contribution in [3.05, 3.63) is 64.7 Å². The molecule has 3 rings (SSSR count). The number of rotatable bonds is 6. The highest BCUT2D eigenvalue weighted by molar-refractivity contribution is 5.79. The largest absolute Gasteiger partial charge is 0.371 e. The molecule has 0 unspecified atom stereocenters. The van der Waals surface area contributed by atoms with E-state index in [1.807, 2.05) is 0 Å². The quantitative estimate of drug-likeness (QED) is 0.827. The van der Waals surface area contributed by atoms with Gasteiger partial charge in [-0.15, -0.1) is 0 Å². The number of hydrogen-bond donors (Lipinski definition) is 1. The molecule has 0 spiro atoms. The van der Waals surface area contributed by atoms with Crippen LogP contribution >= 0.6 is 0 Å². The van der Waals surface area contributed by atoms with Gasteiger partial charge in [0.05, 0.1) is 6.42 Å². The van der Waals surface area contributed by atoms with Gasteiger partial charge in [0.25, 0.3) is 0 Å². The summed E-state index contributed by atoms with van der Waals surface area (Å²) in [4.78, 5) is 14.6. The van der Waals surface area contributed by atoms with Gasteiger partial charge in [-0.2, -0.15) is 0 Å². The van der Waals surface area contributed by atoms with E-state index in [1.54, 1.807) is 0 Å². The van der Waals surface area contributed by atoms with E-state index in [2.05, 4.69) is 66.5 Å². The van der Waals surface area contributed by atoms with Crippen LogP contribution in [0.5, 0.6) is 0 Å². The highest BCUT2D eigenvalue weighted by Gasteiger charge is 2.17. The average Bonchev–Trinajstić information content (AvgIpc) is 2.98. The molecule has 0 radical (unpaired) electrons. The molecule has 1 N–H and O–H groups in total. The van der Waals surface area contributed by atoms with Crippen molar-refractivity contribution >= 4 is 11.6 Å². The average molecular weight is 322 g/mol. The van der Waals surface area contributed by atoms with E-state index in [0.29, 0.717) is 6.42 Å². The van der Waals surface area contributed by atoms with Crippen molar-refractivity contribution in [3.8, 4) is 0 Å². The molecule has 0 saturated heterocycles. The maximum atomic E-state index is 12.1. The second kappa shape index (κ2) is 7.52. The summed E-state index contributed by atoms with van der Waals surface area (Å²) in [6, 6.07) is 14.9. The number of hydrogen-bond acceptors (Lipinski definition) is 2. The minimum Gasteiger partial charge on any atom is -0.371 e. The molecule has 2 aromatic carbocycles. The molecule has 3 heteroatoms. The van der Waals surface area contributed by atoms with Crippen molar-refractivity contribution < 1.29 is 4.79 Å². The Bertz CT molecular complexity index is 724. The lowest BCUT2D eigenvalue weighted by atomic mass is 10.0. The molecule has 24 heavy (non-hydrogen) atoms. The van der Waals surface area contributed by atoms with Crippen molar-refractivity contribution in [1.82, 2.24) is 5.32 Å². The molecule has 3 nitrogen and oxygen atoms in total.